The van der Waals surface area contributed by atoms with Gasteiger partial charge in [-0.3, -0.25) is 9.69 Å². The Morgan fingerprint density at radius 1 is 0.771 bits per heavy atom. The van der Waals surface area contributed by atoms with Crippen LogP contribution in [0.3, 0.4) is 0 Å². The molecule has 0 saturated heterocycles. The van der Waals surface area contributed by atoms with E-state index in [-0.39, 0.29) is 16.9 Å². The van der Waals surface area contributed by atoms with Gasteiger partial charge in [-0.2, -0.15) is 0 Å². The third kappa shape index (κ3) is 6.75. The lowest BCUT2D eigenvalue weighted by Crippen LogP contribution is -2.33. The molecule has 1 amide bonds. The Morgan fingerprint density at radius 3 is 1.91 bits per heavy atom. The summed E-state index contributed by atoms with van der Waals surface area (Å²) in [6.07, 6.45) is -4.79. The van der Waals surface area contributed by atoms with Crippen LogP contribution in [0.4, 0.5) is 24.5 Å². The van der Waals surface area contributed by atoms with Crippen molar-refractivity contribution in [2.24, 2.45) is 0 Å². The number of anilines is 2. The van der Waals surface area contributed by atoms with Gasteiger partial charge in [0, 0.05) is 11.8 Å². The van der Waals surface area contributed by atoms with E-state index in [1.807, 2.05) is 12.1 Å². The largest absolute Gasteiger partial charge is 0.573 e. The van der Waals surface area contributed by atoms with Crippen LogP contribution in [0.25, 0.3) is 0 Å². The first-order valence-corrected chi connectivity index (χ1v) is 10.5. The van der Waals surface area contributed by atoms with E-state index in [0.717, 1.165) is 24.8 Å². The van der Waals surface area contributed by atoms with Gasteiger partial charge >= 0.3 is 18.2 Å². The van der Waals surface area contributed by atoms with Gasteiger partial charge in [-0.05, 0) is 59.5 Å². The maximum atomic E-state index is 12.9. The summed E-state index contributed by atoms with van der Waals surface area (Å²) < 4.78 is 51.3. The molecule has 0 aliphatic carbocycles. The third-order valence-corrected chi connectivity index (χ3v) is 4.92. The lowest BCUT2D eigenvalue weighted by molar-refractivity contribution is -0.274. The van der Waals surface area contributed by atoms with E-state index < -0.39 is 18.2 Å². The standard InChI is InChI=1S/C26H24F3NO5/c1-25(2,3)17-8-10-18(11-9-17)30(23(31)24(32)33-4)19-6-5-7-22(16-19)34-20-12-14-21(15-13-20)35-26(27,28)29/h5-16H,1-4H3. The number of carbonyl (C=O) groups excluding carboxylic acids is 2. The number of nitrogens with zero attached hydrogens (tertiary/aromatic N) is 1. The molecule has 3 rings (SSSR count). The van der Waals surface area contributed by atoms with E-state index in [4.69, 9.17) is 4.74 Å². The average Bonchev–Trinajstić information content (AvgIpc) is 2.79. The molecule has 0 aromatic heterocycles. The summed E-state index contributed by atoms with van der Waals surface area (Å²) in [6.45, 7) is 6.17. The number of alkyl halides is 3. The van der Waals surface area contributed by atoms with Gasteiger partial charge in [0.05, 0.1) is 12.8 Å². The summed E-state index contributed by atoms with van der Waals surface area (Å²) >= 11 is 0. The summed E-state index contributed by atoms with van der Waals surface area (Å²) in [6, 6.07) is 18.4. The van der Waals surface area contributed by atoms with E-state index in [2.05, 4.69) is 30.2 Å². The highest BCUT2D eigenvalue weighted by Gasteiger charge is 2.31. The van der Waals surface area contributed by atoms with E-state index in [1.54, 1.807) is 30.3 Å². The van der Waals surface area contributed by atoms with Crippen LogP contribution >= 0.6 is 0 Å². The number of ether oxygens (including phenoxy) is 3. The number of rotatable bonds is 5. The van der Waals surface area contributed by atoms with Gasteiger partial charge in [0.2, 0.25) is 0 Å². The van der Waals surface area contributed by atoms with Crippen molar-refractivity contribution in [2.75, 3.05) is 12.0 Å². The number of halogens is 3. The molecule has 0 aliphatic heterocycles. The second kappa shape index (κ2) is 10.1. The molecule has 0 bridgehead atoms. The lowest BCUT2D eigenvalue weighted by Gasteiger charge is -2.24. The zero-order valence-electron chi connectivity index (χ0n) is 19.6. The number of hydrogen-bond acceptors (Lipinski definition) is 5. The second-order valence-electron chi connectivity index (χ2n) is 8.55. The summed E-state index contributed by atoms with van der Waals surface area (Å²) in [4.78, 5) is 26.2. The summed E-state index contributed by atoms with van der Waals surface area (Å²) in [5.74, 6) is -1.79. The Bertz CT molecular complexity index is 1180. The van der Waals surface area contributed by atoms with E-state index in [9.17, 15) is 22.8 Å². The lowest BCUT2D eigenvalue weighted by atomic mass is 9.87. The van der Waals surface area contributed by atoms with Crippen LogP contribution in [0.5, 0.6) is 17.2 Å². The van der Waals surface area contributed by atoms with E-state index >= 15 is 0 Å². The van der Waals surface area contributed by atoms with Crippen LogP contribution in [-0.2, 0) is 19.7 Å². The molecule has 0 aliphatic rings. The van der Waals surface area contributed by atoms with Gasteiger partial charge in [0.25, 0.3) is 0 Å². The van der Waals surface area contributed by atoms with Gasteiger partial charge in [0.15, 0.2) is 0 Å². The number of benzene rings is 3. The van der Waals surface area contributed by atoms with Crippen molar-refractivity contribution in [1.82, 2.24) is 0 Å². The number of esters is 1. The molecule has 9 heteroatoms. The molecule has 0 fully saturated rings. The fourth-order valence-corrected chi connectivity index (χ4v) is 3.20. The monoisotopic (exact) mass is 487 g/mol. The maximum Gasteiger partial charge on any atom is 0.573 e. The van der Waals surface area contributed by atoms with Gasteiger partial charge in [-0.1, -0.05) is 39.0 Å². The van der Waals surface area contributed by atoms with Crippen molar-refractivity contribution in [1.29, 1.82) is 0 Å². The van der Waals surface area contributed by atoms with Crippen LogP contribution in [-0.4, -0.2) is 25.3 Å². The highest BCUT2D eigenvalue weighted by molar-refractivity contribution is 6.39. The minimum absolute atomic E-state index is 0.107. The first-order valence-electron chi connectivity index (χ1n) is 10.5. The molecule has 0 radical (unpaired) electrons. The molecule has 0 N–H and O–H groups in total. The molecule has 184 valence electrons. The Labute approximate surface area is 200 Å². The van der Waals surface area contributed by atoms with Crippen LogP contribution in [0, 0.1) is 0 Å². The second-order valence-corrected chi connectivity index (χ2v) is 8.55. The van der Waals surface area contributed by atoms with Crippen molar-refractivity contribution in [3.63, 3.8) is 0 Å². The molecular formula is C26H24F3NO5. The zero-order chi connectivity index (χ0) is 25.8. The highest BCUT2D eigenvalue weighted by atomic mass is 19.4. The summed E-state index contributed by atoms with van der Waals surface area (Å²) in [5, 5.41) is 0. The zero-order valence-corrected chi connectivity index (χ0v) is 19.6. The molecular weight excluding hydrogens is 463 g/mol. The van der Waals surface area contributed by atoms with E-state index in [1.165, 1.54) is 23.1 Å². The Hall–Kier alpha value is -4.01. The first kappa shape index (κ1) is 25.6. The predicted molar refractivity (Wildman–Crippen MR) is 124 cm³/mol. The molecule has 35 heavy (non-hydrogen) atoms. The minimum Gasteiger partial charge on any atom is -0.462 e. The molecule has 3 aromatic rings. The number of carbonyl (C=O) groups is 2. The van der Waals surface area contributed by atoms with Gasteiger partial charge in [0.1, 0.15) is 17.2 Å². The molecule has 6 nitrogen and oxygen atoms in total. The smallest absolute Gasteiger partial charge is 0.462 e. The van der Waals surface area contributed by atoms with Crippen LogP contribution < -0.4 is 14.4 Å². The normalized spacial score (nSPS) is 11.5. The number of amides is 1. The van der Waals surface area contributed by atoms with Gasteiger partial charge in [-0.25, -0.2) is 4.79 Å². The Balaban J connectivity index is 1.91. The van der Waals surface area contributed by atoms with Crippen molar-refractivity contribution in [3.05, 3.63) is 78.4 Å². The van der Waals surface area contributed by atoms with Crippen LogP contribution in [0.2, 0.25) is 0 Å². The van der Waals surface area contributed by atoms with Crippen molar-refractivity contribution in [2.45, 2.75) is 32.5 Å². The molecule has 0 atom stereocenters. The SMILES string of the molecule is COC(=O)C(=O)N(c1ccc(C(C)(C)C)cc1)c1cccc(Oc2ccc(OC(F)(F)F)cc2)c1. The van der Waals surface area contributed by atoms with Crippen molar-refractivity contribution >= 4 is 23.3 Å². The Morgan fingerprint density at radius 2 is 1.37 bits per heavy atom. The molecule has 0 unspecified atom stereocenters. The topological polar surface area (TPSA) is 65.1 Å². The maximum absolute atomic E-state index is 12.9. The fourth-order valence-electron chi connectivity index (χ4n) is 3.20. The first-order chi connectivity index (χ1) is 16.4. The fraction of sp³-hybridized carbons (Fsp3) is 0.231. The molecule has 0 spiro atoms. The third-order valence-electron chi connectivity index (χ3n) is 4.92. The van der Waals surface area contributed by atoms with Gasteiger partial charge < -0.3 is 14.2 Å². The van der Waals surface area contributed by atoms with Crippen LogP contribution in [0.1, 0.15) is 26.3 Å². The molecule has 3 aromatic carbocycles. The number of hydrogen-bond donors (Lipinski definition) is 0. The number of methoxy groups -OCH3 is 1. The quantitative estimate of drug-likeness (QED) is 0.303. The average molecular weight is 487 g/mol. The summed E-state index contributed by atoms with van der Waals surface area (Å²) in [7, 11) is 1.12. The van der Waals surface area contributed by atoms with Crippen molar-refractivity contribution in [3.8, 4) is 17.2 Å². The minimum atomic E-state index is -4.79. The van der Waals surface area contributed by atoms with Crippen LogP contribution in [0.15, 0.2) is 72.8 Å². The molecule has 0 heterocycles. The summed E-state index contributed by atoms with van der Waals surface area (Å²) in [5.41, 5.74) is 1.71. The van der Waals surface area contributed by atoms with Crippen molar-refractivity contribution < 1.29 is 37.0 Å². The van der Waals surface area contributed by atoms with Gasteiger partial charge in [-0.15, -0.1) is 13.2 Å². The predicted octanol–water partition coefficient (Wildman–Crippen LogP) is 6.51. The Kier molecular flexibility index (Phi) is 7.38. The molecule has 0 saturated carbocycles. The highest BCUT2D eigenvalue weighted by Crippen LogP contribution is 2.33. The van der Waals surface area contributed by atoms with E-state index in [0.29, 0.717) is 17.1 Å².